The molecular formula is C19H16Cl2N4O2S. The Balaban J connectivity index is 1.38. The predicted octanol–water partition coefficient (Wildman–Crippen LogP) is 5.51. The van der Waals surface area contributed by atoms with Gasteiger partial charge in [0, 0.05) is 18.1 Å². The maximum atomic E-state index is 6.17. The van der Waals surface area contributed by atoms with Crippen LogP contribution in [0.2, 0.25) is 10.0 Å². The Kier molecular flexibility index (Phi) is 5.48. The fourth-order valence-corrected chi connectivity index (χ4v) is 3.83. The second-order valence-corrected chi connectivity index (χ2v) is 8.05. The Labute approximate surface area is 175 Å². The number of pyridine rings is 1. The van der Waals surface area contributed by atoms with Crippen LogP contribution in [0.5, 0.6) is 5.75 Å². The van der Waals surface area contributed by atoms with Crippen molar-refractivity contribution in [2.75, 3.05) is 0 Å². The molecule has 0 unspecified atom stereocenters. The highest BCUT2D eigenvalue weighted by Crippen LogP contribution is 2.26. The molecule has 0 aliphatic heterocycles. The highest BCUT2D eigenvalue weighted by molar-refractivity contribution is 7.98. The van der Waals surface area contributed by atoms with Gasteiger partial charge in [-0.15, -0.1) is 10.2 Å². The SMILES string of the molecule is Cc1ccc(C)c(OCc2nnc(SCc3cn4cc(Cl)cc(Cl)c4n3)o2)c1. The number of halogens is 2. The largest absolute Gasteiger partial charge is 0.484 e. The number of aryl methyl sites for hydroxylation is 2. The first-order valence-electron chi connectivity index (χ1n) is 8.46. The molecule has 0 radical (unpaired) electrons. The number of benzene rings is 1. The van der Waals surface area contributed by atoms with Gasteiger partial charge in [-0.1, -0.05) is 47.1 Å². The molecule has 0 aliphatic rings. The van der Waals surface area contributed by atoms with Crippen molar-refractivity contribution in [1.29, 1.82) is 0 Å². The van der Waals surface area contributed by atoms with Crippen LogP contribution in [-0.2, 0) is 12.4 Å². The van der Waals surface area contributed by atoms with Crippen LogP contribution in [0, 0.1) is 13.8 Å². The summed E-state index contributed by atoms with van der Waals surface area (Å²) < 4.78 is 13.2. The van der Waals surface area contributed by atoms with Gasteiger partial charge in [-0.25, -0.2) is 4.98 Å². The molecule has 0 spiro atoms. The molecule has 6 nitrogen and oxygen atoms in total. The van der Waals surface area contributed by atoms with E-state index in [1.54, 1.807) is 16.7 Å². The minimum atomic E-state index is 0.223. The van der Waals surface area contributed by atoms with E-state index < -0.39 is 0 Å². The average molecular weight is 435 g/mol. The quantitative estimate of drug-likeness (QED) is 0.372. The van der Waals surface area contributed by atoms with Crippen molar-refractivity contribution in [3.63, 3.8) is 0 Å². The molecule has 3 aromatic heterocycles. The Morgan fingerprint density at radius 2 is 2.00 bits per heavy atom. The molecule has 0 saturated carbocycles. The summed E-state index contributed by atoms with van der Waals surface area (Å²) in [5.74, 6) is 1.80. The van der Waals surface area contributed by atoms with E-state index in [1.165, 1.54) is 11.8 Å². The number of aromatic nitrogens is 4. The summed E-state index contributed by atoms with van der Waals surface area (Å²) in [5.41, 5.74) is 3.69. The first-order valence-corrected chi connectivity index (χ1v) is 10.2. The third kappa shape index (κ3) is 4.27. The second kappa shape index (κ2) is 8.03. The van der Waals surface area contributed by atoms with E-state index in [0.717, 1.165) is 22.6 Å². The fraction of sp³-hybridized carbons (Fsp3) is 0.211. The van der Waals surface area contributed by atoms with Gasteiger partial charge >= 0.3 is 0 Å². The minimum Gasteiger partial charge on any atom is -0.484 e. The van der Waals surface area contributed by atoms with Gasteiger partial charge in [0.15, 0.2) is 12.3 Å². The van der Waals surface area contributed by atoms with Gasteiger partial charge in [0.25, 0.3) is 11.1 Å². The fourth-order valence-electron chi connectivity index (χ4n) is 2.64. The number of imidazole rings is 1. The van der Waals surface area contributed by atoms with Crippen LogP contribution >= 0.6 is 35.0 Å². The smallest absolute Gasteiger partial charge is 0.277 e. The van der Waals surface area contributed by atoms with Crippen molar-refractivity contribution < 1.29 is 9.15 Å². The van der Waals surface area contributed by atoms with E-state index in [4.69, 9.17) is 32.4 Å². The summed E-state index contributed by atoms with van der Waals surface area (Å²) in [6.07, 6.45) is 3.64. The zero-order valence-corrected chi connectivity index (χ0v) is 17.5. The van der Waals surface area contributed by atoms with E-state index in [9.17, 15) is 0 Å². The Hall–Kier alpha value is -2.22. The number of thioether (sulfide) groups is 1. The zero-order chi connectivity index (χ0) is 19.7. The summed E-state index contributed by atoms with van der Waals surface area (Å²) in [4.78, 5) is 4.51. The van der Waals surface area contributed by atoms with Crippen LogP contribution in [0.1, 0.15) is 22.7 Å². The van der Waals surface area contributed by atoms with Gasteiger partial charge in [-0.3, -0.25) is 0 Å². The molecule has 0 N–H and O–H groups in total. The van der Waals surface area contributed by atoms with Gasteiger partial charge < -0.3 is 13.6 Å². The Bertz CT molecular complexity index is 1140. The van der Waals surface area contributed by atoms with Crippen molar-refractivity contribution >= 4 is 40.6 Å². The third-order valence-electron chi connectivity index (χ3n) is 4.01. The molecule has 4 aromatic rings. The first kappa shape index (κ1) is 19.1. The lowest BCUT2D eigenvalue weighted by atomic mass is 10.1. The molecule has 9 heteroatoms. The van der Waals surface area contributed by atoms with Gasteiger partial charge in [0.05, 0.1) is 15.7 Å². The number of hydrogen-bond acceptors (Lipinski definition) is 6. The Morgan fingerprint density at radius 1 is 1.14 bits per heavy atom. The highest BCUT2D eigenvalue weighted by Gasteiger charge is 2.11. The topological polar surface area (TPSA) is 65.5 Å². The maximum Gasteiger partial charge on any atom is 0.277 e. The molecule has 0 saturated heterocycles. The van der Waals surface area contributed by atoms with Crippen molar-refractivity contribution in [1.82, 2.24) is 19.6 Å². The maximum absolute atomic E-state index is 6.17. The summed E-state index contributed by atoms with van der Waals surface area (Å²) >= 11 is 13.6. The second-order valence-electron chi connectivity index (χ2n) is 6.28. The van der Waals surface area contributed by atoms with Gasteiger partial charge in [0.2, 0.25) is 0 Å². The van der Waals surface area contributed by atoms with Crippen molar-refractivity contribution in [2.24, 2.45) is 0 Å². The normalized spacial score (nSPS) is 11.3. The summed E-state index contributed by atoms with van der Waals surface area (Å²) in [6, 6.07) is 7.73. The summed E-state index contributed by atoms with van der Waals surface area (Å²) in [6.45, 7) is 4.24. The molecule has 0 amide bonds. The molecule has 1 aromatic carbocycles. The molecule has 0 bridgehead atoms. The third-order valence-corrected chi connectivity index (χ3v) is 5.35. The number of nitrogens with zero attached hydrogens (tertiary/aromatic N) is 4. The van der Waals surface area contributed by atoms with E-state index in [1.807, 2.05) is 38.2 Å². The van der Waals surface area contributed by atoms with Gasteiger partial charge in [0.1, 0.15) is 5.75 Å². The minimum absolute atomic E-state index is 0.223. The lowest BCUT2D eigenvalue weighted by Gasteiger charge is -2.07. The molecule has 144 valence electrons. The standard InChI is InChI=1S/C19H16Cl2N4O2S/c1-11-3-4-12(2)16(5-11)26-9-17-23-24-19(27-17)28-10-14-8-25-7-13(20)6-15(21)18(25)22-14/h3-8H,9-10H2,1-2H3. The van der Waals surface area contributed by atoms with Crippen molar-refractivity contribution in [3.8, 4) is 5.75 Å². The number of rotatable bonds is 6. The number of ether oxygens (including phenoxy) is 1. The molecule has 28 heavy (non-hydrogen) atoms. The molecule has 3 heterocycles. The van der Waals surface area contributed by atoms with Crippen LogP contribution in [-0.4, -0.2) is 19.6 Å². The number of fused-ring (bicyclic) bond motifs is 1. The summed E-state index contributed by atoms with van der Waals surface area (Å²) in [7, 11) is 0. The van der Waals surface area contributed by atoms with Crippen LogP contribution in [0.4, 0.5) is 0 Å². The van der Waals surface area contributed by atoms with Gasteiger partial charge in [-0.05, 0) is 37.1 Å². The van der Waals surface area contributed by atoms with Crippen LogP contribution in [0.3, 0.4) is 0 Å². The average Bonchev–Trinajstić information content (AvgIpc) is 3.27. The van der Waals surface area contributed by atoms with E-state index >= 15 is 0 Å². The van der Waals surface area contributed by atoms with Gasteiger partial charge in [-0.2, -0.15) is 0 Å². The Morgan fingerprint density at radius 3 is 2.86 bits per heavy atom. The lowest BCUT2D eigenvalue weighted by Crippen LogP contribution is -1.97. The van der Waals surface area contributed by atoms with Crippen molar-refractivity contribution in [2.45, 2.75) is 31.4 Å². The lowest BCUT2D eigenvalue weighted by molar-refractivity contribution is 0.250. The number of hydrogen-bond donors (Lipinski definition) is 0. The molecule has 0 aliphatic carbocycles. The van der Waals surface area contributed by atoms with Crippen LogP contribution in [0.25, 0.3) is 5.65 Å². The van der Waals surface area contributed by atoms with E-state index in [2.05, 4.69) is 15.2 Å². The first-order chi connectivity index (χ1) is 13.5. The monoisotopic (exact) mass is 434 g/mol. The van der Waals surface area contributed by atoms with E-state index in [0.29, 0.717) is 32.6 Å². The predicted molar refractivity (Wildman–Crippen MR) is 109 cm³/mol. The molecule has 4 rings (SSSR count). The van der Waals surface area contributed by atoms with E-state index in [-0.39, 0.29) is 6.61 Å². The molecule has 0 atom stereocenters. The van der Waals surface area contributed by atoms with Crippen LogP contribution < -0.4 is 4.74 Å². The highest BCUT2D eigenvalue weighted by atomic mass is 35.5. The zero-order valence-electron chi connectivity index (χ0n) is 15.1. The summed E-state index contributed by atoms with van der Waals surface area (Å²) in [5, 5.41) is 9.61. The molecular weight excluding hydrogens is 419 g/mol. The molecule has 0 fully saturated rings. The van der Waals surface area contributed by atoms with Crippen LogP contribution in [0.15, 0.2) is 46.3 Å². The van der Waals surface area contributed by atoms with Crippen molar-refractivity contribution in [3.05, 3.63) is 69.4 Å².